The minimum absolute atomic E-state index is 0.243. The predicted octanol–water partition coefficient (Wildman–Crippen LogP) is 3.88. The van der Waals surface area contributed by atoms with Gasteiger partial charge in [0.2, 0.25) is 0 Å². The van der Waals surface area contributed by atoms with E-state index < -0.39 is 11.5 Å². The second-order valence-electron chi connectivity index (χ2n) is 7.46. The molecule has 0 aliphatic rings. The maximum Gasteiger partial charge on any atom is 0.312 e. The molecular formula is C20H33NO3. The van der Waals surface area contributed by atoms with Crippen LogP contribution in [0.1, 0.15) is 64.5 Å². The summed E-state index contributed by atoms with van der Waals surface area (Å²) in [7, 11) is 0. The van der Waals surface area contributed by atoms with E-state index in [4.69, 9.17) is 10.5 Å². The molecule has 4 heteroatoms. The van der Waals surface area contributed by atoms with E-state index in [0.29, 0.717) is 12.1 Å². The van der Waals surface area contributed by atoms with Crippen molar-refractivity contribution < 1.29 is 14.6 Å². The van der Waals surface area contributed by atoms with Crippen LogP contribution in [0.5, 0.6) is 0 Å². The summed E-state index contributed by atoms with van der Waals surface area (Å²) < 4.78 is 5.36. The lowest BCUT2D eigenvalue weighted by molar-refractivity contribution is -0.161. The highest BCUT2D eigenvalue weighted by Crippen LogP contribution is 2.21. The zero-order valence-electron chi connectivity index (χ0n) is 15.6. The Labute approximate surface area is 146 Å². The van der Waals surface area contributed by atoms with Crippen molar-refractivity contribution in [2.75, 3.05) is 12.3 Å². The number of benzene rings is 1. The second-order valence-corrected chi connectivity index (χ2v) is 7.46. The van der Waals surface area contributed by atoms with Gasteiger partial charge in [0.25, 0.3) is 0 Å². The normalized spacial score (nSPS) is 12.9. The summed E-state index contributed by atoms with van der Waals surface area (Å²) in [5, 5.41) is 9.53. The highest BCUT2D eigenvalue weighted by Gasteiger charge is 2.25. The largest absolute Gasteiger partial charge is 0.460 e. The van der Waals surface area contributed by atoms with Gasteiger partial charge in [-0.2, -0.15) is 0 Å². The van der Waals surface area contributed by atoms with Crippen LogP contribution in [0.3, 0.4) is 0 Å². The number of carbonyl (C=O) groups excluding carboxylic acids is 1. The monoisotopic (exact) mass is 335 g/mol. The average Bonchev–Trinajstić information content (AvgIpc) is 2.49. The molecule has 0 bridgehead atoms. The van der Waals surface area contributed by atoms with Gasteiger partial charge in [-0.1, -0.05) is 38.3 Å². The molecule has 1 rings (SSSR count). The minimum Gasteiger partial charge on any atom is -0.460 e. The number of nitrogens with two attached hydrogens (primary N) is 1. The van der Waals surface area contributed by atoms with Crippen molar-refractivity contribution in [1.82, 2.24) is 0 Å². The fraction of sp³-hybridized carbons (Fsp3) is 0.650. The molecule has 0 aliphatic carbocycles. The van der Waals surface area contributed by atoms with Crippen LogP contribution in [-0.2, 0) is 22.4 Å². The number of aliphatic hydroxyl groups is 1. The number of aliphatic hydroxyl groups excluding tert-OH is 1. The van der Waals surface area contributed by atoms with Gasteiger partial charge in [0.15, 0.2) is 0 Å². The Kier molecular flexibility index (Phi) is 8.26. The van der Waals surface area contributed by atoms with Crippen molar-refractivity contribution in [2.45, 2.75) is 71.8 Å². The standard InChI is InChI=1S/C20H33NO3/c1-5-6-7-8-9-15-10-11-16(18(21)12-15)13-17(14-22)19(23)24-20(2,3)4/h10-12,17,22H,5-9,13-14,21H2,1-4H3. The van der Waals surface area contributed by atoms with Crippen LogP contribution in [0.15, 0.2) is 18.2 Å². The van der Waals surface area contributed by atoms with Crippen LogP contribution >= 0.6 is 0 Å². The molecule has 0 saturated heterocycles. The summed E-state index contributed by atoms with van der Waals surface area (Å²) >= 11 is 0. The van der Waals surface area contributed by atoms with Crippen LogP contribution < -0.4 is 5.73 Å². The van der Waals surface area contributed by atoms with Crippen LogP contribution in [0.25, 0.3) is 0 Å². The SMILES string of the molecule is CCCCCCc1ccc(CC(CO)C(=O)OC(C)(C)C)c(N)c1. The number of hydrogen-bond donors (Lipinski definition) is 2. The number of ether oxygens (including phenoxy) is 1. The lowest BCUT2D eigenvalue weighted by Gasteiger charge is -2.23. The highest BCUT2D eigenvalue weighted by atomic mass is 16.6. The first-order valence-corrected chi connectivity index (χ1v) is 8.97. The van der Waals surface area contributed by atoms with E-state index in [2.05, 4.69) is 13.0 Å². The van der Waals surface area contributed by atoms with E-state index in [9.17, 15) is 9.90 Å². The summed E-state index contributed by atoms with van der Waals surface area (Å²) in [6, 6.07) is 6.03. The molecule has 1 aromatic carbocycles. The van der Waals surface area contributed by atoms with Crippen molar-refractivity contribution in [1.29, 1.82) is 0 Å². The van der Waals surface area contributed by atoms with Gasteiger partial charge >= 0.3 is 5.97 Å². The van der Waals surface area contributed by atoms with E-state index in [1.165, 1.54) is 31.2 Å². The molecule has 1 aromatic rings. The number of esters is 1. The van der Waals surface area contributed by atoms with Gasteiger partial charge in [0, 0.05) is 5.69 Å². The Morgan fingerprint density at radius 3 is 2.50 bits per heavy atom. The third kappa shape index (κ3) is 7.35. The summed E-state index contributed by atoms with van der Waals surface area (Å²) in [6.45, 7) is 7.42. The lowest BCUT2D eigenvalue weighted by Crippen LogP contribution is -2.31. The molecule has 0 heterocycles. The smallest absolute Gasteiger partial charge is 0.312 e. The van der Waals surface area contributed by atoms with E-state index in [1.54, 1.807) is 0 Å². The molecule has 0 fully saturated rings. The first-order chi connectivity index (χ1) is 11.3. The fourth-order valence-corrected chi connectivity index (χ4v) is 2.61. The van der Waals surface area contributed by atoms with Gasteiger partial charge in [-0.25, -0.2) is 0 Å². The van der Waals surface area contributed by atoms with Gasteiger partial charge < -0.3 is 15.6 Å². The number of nitrogen functional groups attached to an aromatic ring is 1. The first-order valence-electron chi connectivity index (χ1n) is 8.97. The van der Waals surface area contributed by atoms with Crippen LogP contribution in [-0.4, -0.2) is 23.3 Å². The third-order valence-corrected chi connectivity index (χ3v) is 3.96. The first kappa shape index (κ1) is 20.5. The third-order valence-electron chi connectivity index (χ3n) is 3.96. The minimum atomic E-state index is -0.582. The molecule has 0 radical (unpaired) electrons. The molecule has 0 aliphatic heterocycles. The maximum absolute atomic E-state index is 12.2. The lowest BCUT2D eigenvalue weighted by atomic mass is 9.96. The number of hydrogen-bond acceptors (Lipinski definition) is 4. The molecule has 1 unspecified atom stereocenters. The van der Waals surface area contributed by atoms with Gasteiger partial charge in [0.1, 0.15) is 5.60 Å². The Bertz CT molecular complexity index is 520. The molecule has 0 saturated carbocycles. The molecule has 3 N–H and O–H groups in total. The van der Waals surface area contributed by atoms with Gasteiger partial charge in [-0.05, 0) is 57.2 Å². The Morgan fingerprint density at radius 1 is 1.25 bits per heavy atom. The van der Waals surface area contributed by atoms with E-state index >= 15 is 0 Å². The number of rotatable bonds is 9. The fourth-order valence-electron chi connectivity index (χ4n) is 2.61. The molecule has 0 aromatic heterocycles. The summed E-state index contributed by atoms with van der Waals surface area (Å²) in [6.07, 6.45) is 6.33. The molecule has 1 atom stereocenters. The summed E-state index contributed by atoms with van der Waals surface area (Å²) in [5.74, 6) is -0.963. The molecule has 0 spiro atoms. The molecule has 0 amide bonds. The number of aryl methyl sites for hydroxylation is 1. The van der Waals surface area contributed by atoms with E-state index in [-0.39, 0.29) is 12.6 Å². The Balaban J connectivity index is 2.67. The van der Waals surface area contributed by atoms with Crippen molar-refractivity contribution >= 4 is 11.7 Å². The Hall–Kier alpha value is -1.55. The molecule has 24 heavy (non-hydrogen) atoms. The number of anilines is 1. The summed E-state index contributed by atoms with van der Waals surface area (Å²) in [5.41, 5.74) is 8.39. The van der Waals surface area contributed by atoms with Crippen molar-refractivity contribution in [3.63, 3.8) is 0 Å². The van der Waals surface area contributed by atoms with E-state index in [0.717, 1.165) is 12.0 Å². The van der Waals surface area contributed by atoms with Gasteiger partial charge in [0.05, 0.1) is 12.5 Å². The van der Waals surface area contributed by atoms with Crippen LogP contribution in [0.2, 0.25) is 0 Å². The van der Waals surface area contributed by atoms with E-state index in [1.807, 2.05) is 32.9 Å². The van der Waals surface area contributed by atoms with Gasteiger partial charge in [-0.15, -0.1) is 0 Å². The van der Waals surface area contributed by atoms with Crippen molar-refractivity contribution in [3.8, 4) is 0 Å². The topological polar surface area (TPSA) is 72.5 Å². The van der Waals surface area contributed by atoms with Crippen molar-refractivity contribution in [2.24, 2.45) is 5.92 Å². The van der Waals surface area contributed by atoms with Crippen molar-refractivity contribution in [3.05, 3.63) is 29.3 Å². The predicted molar refractivity (Wildman–Crippen MR) is 98.8 cm³/mol. The zero-order valence-corrected chi connectivity index (χ0v) is 15.6. The van der Waals surface area contributed by atoms with Crippen LogP contribution in [0, 0.1) is 5.92 Å². The van der Waals surface area contributed by atoms with Gasteiger partial charge in [-0.3, -0.25) is 4.79 Å². The average molecular weight is 335 g/mol. The quantitative estimate of drug-likeness (QED) is 0.408. The van der Waals surface area contributed by atoms with Crippen LogP contribution in [0.4, 0.5) is 5.69 Å². The number of carbonyl (C=O) groups is 1. The Morgan fingerprint density at radius 2 is 1.96 bits per heavy atom. The molecule has 136 valence electrons. The number of unbranched alkanes of at least 4 members (excludes halogenated alkanes) is 3. The summed E-state index contributed by atoms with van der Waals surface area (Å²) in [4.78, 5) is 12.2. The molecular weight excluding hydrogens is 302 g/mol. The second kappa shape index (κ2) is 9.67. The maximum atomic E-state index is 12.2. The molecule has 4 nitrogen and oxygen atoms in total. The highest BCUT2D eigenvalue weighted by molar-refractivity contribution is 5.73. The zero-order chi connectivity index (χ0) is 18.2.